The van der Waals surface area contributed by atoms with Gasteiger partial charge in [-0.15, -0.1) is 0 Å². The van der Waals surface area contributed by atoms with Gasteiger partial charge in [-0.25, -0.2) is 0 Å². The van der Waals surface area contributed by atoms with Crippen molar-refractivity contribution >= 4 is 21.7 Å². The Kier molecular flexibility index (Phi) is 4.88. The smallest absolute Gasteiger partial charge is 0.167 e. The van der Waals surface area contributed by atoms with Crippen LogP contribution in [0.2, 0.25) is 0 Å². The molecule has 0 spiro atoms. The number of halogens is 1. The molecule has 0 aromatic heterocycles. The maximum absolute atomic E-state index is 12.4. The molecular formula is C16H16BrNO. The van der Waals surface area contributed by atoms with Crippen molar-refractivity contribution in [2.75, 3.05) is 6.54 Å². The van der Waals surface area contributed by atoms with Crippen LogP contribution in [0.15, 0.2) is 53.0 Å². The summed E-state index contributed by atoms with van der Waals surface area (Å²) in [6, 6.07) is 15.5. The Bertz CT molecular complexity index is 580. The molecule has 0 radical (unpaired) electrons. The molecular weight excluding hydrogens is 302 g/mol. The van der Waals surface area contributed by atoms with E-state index >= 15 is 0 Å². The molecule has 0 fully saturated rings. The summed E-state index contributed by atoms with van der Waals surface area (Å²) < 4.78 is 0.994. The predicted molar refractivity (Wildman–Crippen MR) is 81.4 cm³/mol. The molecule has 2 aromatic rings. The number of Topliss-reactive ketones (excluding diaryl/α,β-unsaturated/α-hetero) is 1. The van der Waals surface area contributed by atoms with Crippen LogP contribution in [0, 0.1) is 0 Å². The van der Waals surface area contributed by atoms with Crippen LogP contribution in [-0.2, 0) is 12.8 Å². The van der Waals surface area contributed by atoms with Gasteiger partial charge < -0.3 is 5.73 Å². The SMILES string of the molecule is NCCc1ccccc1C(=O)Cc1cccc(Br)c1. The van der Waals surface area contributed by atoms with Crippen LogP contribution in [0.1, 0.15) is 21.5 Å². The highest BCUT2D eigenvalue weighted by atomic mass is 79.9. The average molecular weight is 318 g/mol. The first-order valence-electron chi connectivity index (χ1n) is 6.26. The summed E-state index contributed by atoms with van der Waals surface area (Å²) in [6.07, 6.45) is 1.15. The first-order chi connectivity index (χ1) is 9.20. The van der Waals surface area contributed by atoms with Gasteiger partial charge in [0.15, 0.2) is 5.78 Å². The molecule has 0 aliphatic rings. The minimum atomic E-state index is 0.141. The molecule has 0 aliphatic carbocycles. The highest BCUT2D eigenvalue weighted by Crippen LogP contribution is 2.16. The lowest BCUT2D eigenvalue weighted by molar-refractivity contribution is 0.0992. The first-order valence-corrected chi connectivity index (χ1v) is 7.05. The number of carbonyl (C=O) groups is 1. The zero-order valence-electron chi connectivity index (χ0n) is 10.6. The van der Waals surface area contributed by atoms with Gasteiger partial charge >= 0.3 is 0 Å². The van der Waals surface area contributed by atoms with Crippen molar-refractivity contribution in [3.05, 3.63) is 69.7 Å². The predicted octanol–water partition coefficient (Wildman–Crippen LogP) is 3.38. The minimum Gasteiger partial charge on any atom is -0.330 e. The molecule has 2 N–H and O–H groups in total. The second-order valence-corrected chi connectivity index (χ2v) is 5.34. The second-order valence-electron chi connectivity index (χ2n) is 4.43. The fourth-order valence-corrected chi connectivity index (χ4v) is 2.54. The highest BCUT2D eigenvalue weighted by Gasteiger charge is 2.11. The van der Waals surface area contributed by atoms with Crippen molar-refractivity contribution in [3.63, 3.8) is 0 Å². The van der Waals surface area contributed by atoms with Crippen LogP contribution in [0.25, 0.3) is 0 Å². The van der Waals surface area contributed by atoms with Crippen molar-refractivity contribution in [2.45, 2.75) is 12.8 Å². The van der Waals surface area contributed by atoms with E-state index in [1.165, 1.54) is 0 Å². The molecule has 0 atom stereocenters. The third kappa shape index (κ3) is 3.75. The Morgan fingerprint density at radius 2 is 1.89 bits per heavy atom. The number of hydrogen-bond acceptors (Lipinski definition) is 2. The monoisotopic (exact) mass is 317 g/mol. The van der Waals surface area contributed by atoms with Crippen molar-refractivity contribution in [3.8, 4) is 0 Å². The Morgan fingerprint density at radius 1 is 1.11 bits per heavy atom. The summed E-state index contributed by atoms with van der Waals surface area (Å²) >= 11 is 3.42. The molecule has 3 heteroatoms. The quantitative estimate of drug-likeness (QED) is 0.859. The lowest BCUT2D eigenvalue weighted by Gasteiger charge is -2.08. The average Bonchev–Trinajstić information content (AvgIpc) is 2.39. The van der Waals surface area contributed by atoms with E-state index in [1.54, 1.807) is 0 Å². The third-order valence-corrected chi connectivity index (χ3v) is 3.48. The number of rotatable bonds is 5. The van der Waals surface area contributed by atoms with Gasteiger partial charge in [-0.2, -0.15) is 0 Å². The normalized spacial score (nSPS) is 10.4. The van der Waals surface area contributed by atoms with E-state index < -0.39 is 0 Å². The molecule has 0 heterocycles. The Labute approximate surface area is 121 Å². The molecule has 19 heavy (non-hydrogen) atoms. The lowest BCUT2D eigenvalue weighted by atomic mass is 9.97. The zero-order chi connectivity index (χ0) is 13.7. The molecule has 0 unspecified atom stereocenters. The van der Waals surface area contributed by atoms with Gasteiger partial charge in [-0.1, -0.05) is 52.3 Å². The molecule has 0 amide bonds. The van der Waals surface area contributed by atoms with E-state index in [-0.39, 0.29) is 5.78 Å². The molecule has 2 nitrogen and oxygen atoms in total. The maximum atomic E-state index is 12.4. The van der Waals surface area contributed by atoms with Crippen molar-refractivity contribution in [2.24, 2.45) is 5.73 Å². The molecule has 2 rings (SSSR count). The highest BCUT2D eigenvalue weighted by molar-refractivity contribution is 9.10. The fourth-order valence-electron chi connectivity index (χ4n) is 2.09. The summed E-state index contributed by atoms with van der Waals surface area (Å²) in [5.74, 6) is 0.141. The Hall–Kier alpha value is -1.45. The van der Waals surface area contributed by atoms with Crippen molar-refractivity contribution in [1.82, 2.24) is 0 Å². The van der Waals surface area contributed by atoms with Crippen LogP contribution in [-0.4, -0.2) is 12.3 Å². The number of hydrogen-bond donors (Lipinski definition) is 1. The van der Waals surface area contributed by atoms with E-state index in [9.17, 15) is 4.79 Å². The van der Waals surface area contributed by atoms with Gasteiger partial charge in [-0.3, -0.25) is 4.79 Å². The zero-order valence-corrected chi connectivity index (χ0v) is 12.2. The fraction of sp³-hybridized carbons (Fsp3) is 0.188. The number of nitrogens with two attached hydrogens (primary N) is 1. The topological polar surface area (TPSA) is 43.1 Å². The summed E-state index contributed by atoms with van der Waals surface area (Å²) in [4.78, 5) is 12.4. The third-order valence-electron chi connectivity index (χ3n) is 2.99. The van der Waals surface area contributed by atoms with E-state index in [0.29, 0.717) is 13.0 Å². The lowest BCUT2D eigenvalue weighted by Crippen LogP contribution is -2.10. The standard InChI is InChI=1S/C16H16BrNO/c17-14-6-3-4-12(10-14)11-16(19)15-7-2-1-5-13(15)8-9-18/h1-7,10H,8-9,11,18H2. The second kappa shape index (κ2) is 6.64. The minimum absolute atomic E-state index is 0.141. The number of carbonyl (C=O) groups excluding carboxylic acids is 1. The summed E-state index contributed by atoms with van der Waals surface area (Å²) in [5.41, 5.74) is 8.42. The van der Waals surface area contributed by atoms with Gasteiger partial charge in [0, 0.05) is 16.5 Å². The first kappa shape index (κ1) is 14.0. The number of benzene rings is 2. The van der Waals surface area contributed by atoms with Gasteiger partial charge in [0.2, 0.25) is 0 Å². The molecule has 0 saturated heterocycles. The van der Waals surface area contributed by atoms with Crippen molar-refractivity contribution in [1.29, 1.82) is 0 Å². The van der Waals surface area contributed by atoms with E-state index in [0.717, 1.165) is 27.6 Å². The van der Waals surface area contributed by atoms with Crippen LogP contribution in [0.4, 0.5) is 0 Å². The van der Waals surface area contributed by atoms with Gasteiger partial charge in [0.1, 0.15) is 0 Å². The van der Waals surface area contributed by atoms with Crippen LogP contribution >= 0.6 is 15.9 Å². The molecule has 98 valence electrons. The molecule has 0 aliphatic heterocycles. The summed E-state index contributed by atoms with van der Waals surface area (Å²) in [6.45, 7) is 0.557. The summed E-state index contributed by atoms with van der Waals surface area (Å²) in [5, 5.41) is 0. The van der Waals surface area contributed by atoms with E-state index in [2.05, 4.69) is 15.9 Å². The molecule has 0 saturated carbocycles. The van der Waals surface area contributed by atoms with Crippen LogP contribution in [0.5, 0.6) is 0 Å². The Balaban J connectivity index is 2.20. The summed E-state index contributed by atoms with van der Waals surface area (Å²) in [7, 11) is 0. The van der Waals surface area contributed by atoms with Gasteiger partial charge in [0.05, 0.1) is 0 Å². The van der Waals surface area contributed by atoms with Gasteiger partial charge in [0.25, 0.3) is 0 Å². The van der Waals surface area contributed by atoms with Crippen LogP contribution in [0.3, 0.4) is 0 Å². The van der Waals surface area contributed by atoms with E-state index in [1.807, 2.05) is 48.5 Å². The maximum Gasteiger partial charge on any atom is 0.167 e. The van der Waals surface area contributed by atoms with Crippen molar-refractivity contribution < 1.29 is 4.79 Å². The number of ketones is 1. The molecule has 0 bridgehead atoms. The Morgan fingerprint density at radius 3 is 2.63 bits per heavy atom. The van der Waals surface area contributed by atoms with E-state index in [4.69, 9.17) is 5.73 Å². The van der Waals surface area contributed by atoms with Gasteiger partial charge in [-0.05, 0) is 36.2 Å². The van der Waals surface area contributed by atoms with Crippen LogP contribution < -0.4 is 5.73 Å². The molecule has 2 aromatic carbocycles. The largest absolute Gasteiger partial charge is 0.330 e.